The molecular formula is C26H27F2N5O4S. The van der Waals surface area contributed by atoms with Crippen molar-refractivity contribution in [2.45, 2.75) is 24.9 Å². The number of carbonyl (C=O) groups excluding carboxylic acids is 1. The maximum Gasteiger partial charge on any atom is 0.272 e. The Bertz CT molecular complexity index is 1460. The Morgan fingerprint density at radius 3 is 2.42 bits per heavy atom. The van der Waals surface area contributed by atoms with E-state index in [4.69, 9.17) is 0 Å². The number of aromatic hydroxyl groups is 1. The summed E-state index contributed by atoms with van der Waals surface area (Å²) in [6.07, 6.45) is 2.02. The minimum Gasteiger partial charge on any atom is -0.505 e. The van der Waals surface area contributed by atoms with Crippen LogP contribution in [0.15, 0.2) is 48.5 Å². The van der Waals surface area contributed by atoms with Crippen LogP contribution < -0.4 is 5.32 Å². The number of carbonyl (C=O) groups is 1. The number of rotatable bonds is 7. The molecule has 2 fully saturated rings. The topological polar surface area (TPSA) is 116 Å². The molecule has 5 rings (SSSR count). The van der Waals surface area contributed by atoms with Crippen molar-refractivity contribution in [3.63, 3.8) is 0 Å². The summed E-state index contributed by atoms with van der Waals surface area (Å²) < 4.78 is 51.9. The van der Waals surface area contributed by atoms with E-state index >= 15 is 0 Å². The lowest BCUT2D eigenvalue weighted by molar-refractivity contribution is 0.0692. The summed E-state index contributed by atoms with van der Waals surface area (Å²) in [7, 11) is -3.34. The van der Waals surface area contributed by atoms with Crippen LogP contribution in [0, 0.1) is 11.6 Å². The Labute approximate surface area is 219 Å². The van der Waals surface area contributed by atoms with Gasteiger partial charge in [0.15, 0.2) is 17.4 Å². The van der Waals surface area contributed by atoms with Crippen molar-refractivity contribution in [3.8, 4) is 17.1 Å². The molecule has 2 N–H and O–H groups in total. The van der Waals surface area contributed by atoms with Crippen LogP contribution in [-0.2, 0) is 16.6 Å². The highest BCUT2D eigenvalue weighted by Crippen LogP contribution is 2.41. The highest BCUT2D eigenvalue weighted by molar-refractivity contribution is 7.88. The molecule has 0 bridgehead atoms. The highest BCUT2D eigenvalue weighted by atomic mass is 32.2. The number of aromatic nitrogens is 2. The Balaban J connectivity index is 1.36. The van der Waals surface area contributed by atoms with Crippen molar-refractivity contribution in [2.75, 3.05) is 32.4 Å². The summed E-state index contributed by atoms with van der Waals surface area (Å²) in [5.74, 6) is -1.59. The number of amides is 1. The number of sulfonamides is 1. The third-order valence-corrected chi connectivity index (χ3v) is 8.13. The Hall–Kier alpha value is -3.48. The summed E-state index contributed by atoms with van der Waals surface area (Å²) in [4.78, 5) is 23.8. The van der Waals surface area contributed by atoms with Gasteiger partial charge in [0, 0.05) is 50.2 Å². The van der Waals surface area contributed by atoms with E-state index in [1.807, 2.05) is 0 Å². The van der Waals surface area contributed by atoms with Crippen molar-refractivity contribution >= 4 is 15.9 Å². The van der Waals surface area contributed by atoms with Crippen LogP contribution in [0.3, 0.4) is 0 Å². The minimum absolute atomic E-state index is 0.120. The second kappa shape index (κ2) is 10.4. The molecule has 1 aliphatic heterocycles. The van der Waals surface area contributed by atoms with Crippen LogP contribution in [0.25, 0.3) is 11.4 Å². The van der Waals surface area contributed by atoms with Crippen molar-refractivity contribution < 1.29 is 27.1 Å². The predicted molar refractivity (Wildman–Crippen MR) is 136 cm³/mol. The van der Waals surface area contributed by atoms with Gasteiger partial charge in [-0.3, -0.25) is 4.79 Å². The van der Waals surface area contributed by atoms with E-state index in [9.17, 15) is 27.1 Å². The molecule has 1 saturated heterocycles. The Kier molecular flexibility index (Phi) is 7.12. The molecule has 3 aromatic rings. The molecular weight excluding hydrogens is 516 g/mol. The average molecular weight is 544 g/mol. The normalized spacial score (nSPS) is 19.9. The van der Waals surface area contributed by atoms with Gasteiger partial charge >= 0.3 is 0 Å². The van der Waals surface area contributed by atoms with Gasteiger partial charge in [-0.1, -0.05) is 12.1 Å². The number of phenols is 1. The summed E-state index contributed by atoms with van der Waals surface area (Å²) in [5.41, 5.74) is 2.03. The number of hydrogen-bond acceptors (Lipinski definition) is 7. The molecule has 200 valence electrons. The SMILES string of the molecule is CS(=O)(=O)N1CCN(C(=O)c2cc(CN[C@@H]3C[C@H]3c3ccc(F)cc3)nc(-c3ccc(F)c(O)c3)n2)CC1. The molecule has 1 aliphatic carbocycles. The molecule has 2 aliphatic rings. The number of halogens is 2. The molecule has 2 atom stereocenters. The van der Waals surface area contributed by atoms with Crippen molar-refractivity contribution in [3.05, 3.63) is 77.1 Å². The fourth-order valence-electron chi connectivity index (χ4n) is 4.60. The lowest BCUT2D eigenvalue weighted by atomic mass is 10.1. The quantitative estimate of drug-likeness (QED) is 0.471. The number of benzene rings is 2. The molecule has 0 spiro atoms. The summed E-state index contributed by atoms with van der Waals surface area (Å²) in [5, 5.41) is 13.3. The van der Waals surface area contributed by atoms with E-state index in [1.165, 1.54) is 28.6 Å². The first-order valence-corrected chi connectivity index (χ1v) is 14.0. The zero-order valence-corrected chi connectivity index (χ0v) is 21.5. The number of piperazine rings is 1. The average Bonchev–Trinajstić information content (AvgIpc) is 3.68. The monoisotopic (exact) mass is 543 g/mol. The smallest absolute Gasteiger partial charge is 0.272 e. The Morgan fingerprint density at radius 2 is 1.76 bits per heavy atom. The molecule has 38 heavy (non-hydrogen) atoms. The van der Waals surface area contributed by atoms with Crippen LogP contribution in [0.4, 0.5) is 8.78 Å². The van der Waals surface area contributed by atoms with Gasteiger partial charge in [-0.2, -0.15) is 4.31 Å². The van der Waals surface area contributed by atoms with Gasteiger partial charge in [0.25, 0.3) is 5.91 Å². The van der Waals surface area contributed by atoms with E-state index in [0.717, 1.165) is 24.3 Å². The van der Waals surface area contributed by atoms with Crippen LogP contribution >= 0.6 is 0 Å². The minimum atomic E-state index is -3.34. The maximum absolute atomic E-state index is 13.6. The van der Waals surface area contributed by atoms with Crippen LogP contribution in [0.5, 0.6) is 5.75 Å². The number of nitrogens with one attached hydrogen (secondary N) is 1. The van der Waals surface area contributed by atoms with E-state index in [1.54, 1.807) is 23.1 Å². The fourth-order valence-corrected chi connectivity index (χ4v) is 5.42. The third kappa shape index (κ3) is 5.82. The fraction of sp³-hybridized carbons (Fsp3) is 0.346. The first kappa shape index (κ1) is 26.1. The summed E-state index contributed by atoms with van der Waals surface area (Å²) >= 11 is 0. The Morgan fingerprint density at radius 1 is 1.05 bits per heavy atom. The zero-order valence-electron chi connectivity index (χ0n) is 20.6. The molecule has 0 radical (unpaired) electrons. The third-order valence-electron chi connectivity index (χ3n) is 6.83. The molecule has 1 amide bonds. The largest absolute Gasteiger partial charge is 0.505 e. The molecule has 2 aromatic carbocycles. The highest BCUT2D eigenvalue weighted by Gasteiger charge is 2.38. The molecule has 9 nitrogen and oxygen atoms in total. The number of phenolic OH excluding ortho intramolecular Hbond substituents is 1. The van der Waals surface area contributed by atoms with Crippen molar-refractivity contribution in [1.29, 1.82) is 0 Å². The molecule has 12 heteroatoms. The van der Waals surface area contributed by atoms with Gasteiger partial charge in [-0.05, 0) is 48.4 Å². The van der Waals surface area contributed by atoms with Gasteiger partial charge in [0.2, 0.25) is 10.0 Å². The lowest BCUT2D eigenvalue weighted by Gasteiger charge is -2.33. The van der Waals surface area contributed by atoms with E-state index in [0.29, 0.717) is 17.8 Å². The molecule has 1 saturated carbocycles. The first-order valence-electron chi connectivity index (χ1n) is 12.2. The van der Waals surface area contributed by atoms with Gasteiger partial charge in [0.1, 0.15) is 11.5 Å². The van der Waals surface area contributed by atoms with Crippen molar-refractivity contribution in [1.82, 2.24) is 24.5 Å². The van der Waals surface area contributed by atoms with Gasteiger partial charge in [-0.25, -0.2) is 27.2 Å². The van der Waals surface area contributed by atoms with Gasteiger partial charge in [0.05, 0.1) is 11.9 Å². The van der Waals surface area contributed by atoms with E-state index < -0.39 is 21.6 Å². The van der Waals surface area contributed by atoms with Crippen molar-refractivity contribution in [2.24, 2.45) is 0 Å². The second-order valence-corrected chi connectivity index (χ2v) is 11.6. The lowest BCUT2D eigenvalue weighted by Crippen LogP contribution is -2.50. The predicted octanol–water partition coefficient (Wildman–Crippen LogP) is 2.49. The summed E-state index contributed by atoms with van der Waals surface area (Å²) in [6, 6.07) is 11.9. The van der Waals surface area contributed by atoms with Gasteiger partial charge < -0.3 is 15.3 Å². The van der Waals surface area contributed by atoms with Crippen LogP contribution in [-0.4, -0.2) is 77.1 Å². The molecule has 1 aromatic heterocycles. The standard InChI is InChI=1S/C26H27F2N5O4S/c1-38(36,37)33-10-8-32(9-11-33)26(35)23-13-19(30-25(31-23)17-4-7-21(28)24(34)12-17)15-29-22-14-20(22)16-2-5-18(27)6-3-16/h2-7,12-13,20,22,29,34H,8-11,14-15H2,1H3/t20-,22+/m0/s1. The van der Waals surface area contributed by atoms with Gasteiger partial charge in [-0.15, -0.1) is 0 Å². The molecule has 0 unspecified atom stereocenters. The number of hydrogen-bond donors (Lipinski definition) is 2. The summed E-state index contributed by atoms with van der Waals surface area (Å²) in [6.45, 7) is 1.15. The van der Waals surface area contributed by atoms with Crippen LogP contribution in [0.2, 0.25) is 0 Å². The maximum atomic E-state index is 13.6. The van der Waals surface area contributed by atoms with E-state index in [-0.39, 0.29) is 61.4 Å². The molecule has 2 heterocycles. The van der Waals surface area contributed by atoms with E-state index in [2.05, 4.69) is 15.3 Å². The number of nitrogens with zero attached hydrogens (tertiary/aromatic N) is 4. The van der Waals surface area contributed by atoms with Crippen LogP contribution in [0.1, 0.15) is 34.1 Å². The zero-order chi connectivity index (χ0) is 27.0. The first-order chi connectivity index (χ1) is 18.1. The second-order valence-electron chi connectivity index (χ2n) is 9.57.